The Hall–Kier alpha value is -2.71. The largest absolute Gasteiger partial charge is 0.353 e. The van der Waals surface area contributed by atoms with Crippen LogP contribution in [0.15, 0.2) is 6.33 Å². The van der Waals surface area contributed by atoms with Crippen LogP contribution >= 0.6 is 0 Å². The van der Waals surface area contributed by atoms with E-state index in [4.69, 9.17) is 9.97 Å². The maximum atomic E-state index is 11.9. The molecule has 2 aliphatic heterocycles. The third-order valence-electron chi connectivity index (χ3n) is 6.15. The molecule has 9 heteroatoms. The van der Waals surface area contributed by atoms with Gasteiger partial charge in [0.2, 0.25) is 11.9 Å². The molecule has 1 N–H and O–H groups in total. The highest BCUT2D eigenvalue weighted by Gasteiger charge is 2.39. The molecule has 0 spiro atoms. The first-order valence-electron chi connectivity index (χ1n) is 10.3. The molecule has 2 aromatic rings. The molecule has 3 aliphatic rings. The van der Waals surface area contributed by atoms with E-state index >= 15 is 0 Å². The summed E-state index contributed by atoms with van der Waals surface area (Å²) < 4.78 is 2.05. The Morgan fingerprint density at radius 2 is 2.07 bits per heavy atom. The second kappa shape index (κ2) is 6.72. The van der Waals surface area contributed by atoms with E-state index in [-0.39, 0.29) is 11.9 Å². The standard InChI is InChI=1S/C19H26N8O/c1-3-14-17-24-21-11-26(17)16-12(2)22-19(25-9-8-20-15(28)10-25)23-18(16)27(14)13-6-4-5-7-13/h11,13-14H,3-10H2,1-2H3,(H,20,28)/t14-/m1/s1. The summed E-state index contributed by atoms with van der Waals surface area (Å²) in [4.78, 5) is 26.1. The van der Waals surface area contributed by atoms with Crippen molar-refractivity contribution in [3.63, 3.8) is 0 Å². The topological polar surface area (TPSA) is 92.1 Å². The number of piperazine rings is 1. The number of carbonyl (C=O) groups is 1. The van der Waals surface area contributed by atoms with Crippen molar-refractivity contribution in [3.05, 3.63) is 17.8 Å². The quantitative estimate of drug-likeness (QED) is 0.860. The Morgan fingerprint density at radius 3 is 2.82 bits per heavy atom. The van der Waals surface area contributed by atoms with Crippen molar-refractivity contribution < 1.29 is 4.79 Å². The number of amides is 1. The smallest absolute Gasteiger partial charge is 0.239 e. The molecule has 5 rings (SSSR count). The molecule has 1 aliphatic carbocycles. The first kappa shape index (κ1) is 17.4. The minimum Gasteiger partial charge on any atom is -0.353 e. The fraction of sp³-hybridized carbons (Fsp3) is 0.632. The van der Waals surface area contributed by atoms with Crippen molar-refractivity contribution in [2.24, 2.45) is 0 Å². The number of nitrogens with one attached hydrogen (secondary N) is 1. The Morgan fingerprint density at radius 1 is 1.25 bits per heavy atom. The van der Waals surface area contributed by atoms with E-state index in [0.717, 1.165) is 36.0 Å². The van der Waals surface area contributed by atoms with Gasteiger partial charge in [0.25, 0.3) is 0 Å². The van der Waals surface area contributed by atoms with Crippen molar-refractivity contribution in [3.8, 4) is 5.69 Å². The van der Waals surface area contributed by atoms with E-state index in [9.17, 15) is 4.79 Å². The van der Waals surface area contributed by atoms with E-state index < -0.39 is 0 Å². The van der Waals surface area contributed by atoms with Gasteiger partial charge in [-0.1, -0.05) is 19.8 Å². The number of hydrogen-bond donors (Lipinski definition) is 1. The van der Waals surface area contributed by atoms with E-state index in [1.807, 2.05) is 11.8 Å². The lowest BCUT2D eigenvalue weighted by Gasteiger charge is -2.41. The molecule has 2 fully saturated rings. The van der Waals surface area contributed by atoms with Gasteiger partial charge in [-0.05, 0) is 26.2 Å². The summed E-state index contributed by atoms with van der Waals surface area (Å²) in [6.45, 7) is 5.86. The monoisotopic (exact) mass is 382 g/mol. The van der Waals surface area contributed by atoms with Crippen LogP contribution < -0.4 is 15.1 Å². The lowest BCUT2D eigenvalue weighted by Crippen LogP contribution is -2.49. The number of nitrogens with zero attached hydrogens (tertiary/aromatic N) is 7. The first-order chi connectivity index (χ1) is 13.7. The summed E-state index contributed by atoms with van der Waals surface area (Å²) in [7, 11) is 0. The number of anilines is 2. The predicted octanol–water partition coefficient (Wildman–Crippen LogP) is 1.52. The fourth-order valence-corrected chi connectivity index (χ4v) is 4.85. The van der Waals surface area contributed by atoms with Crippen LogP contribution in [0.25, 0.3) is 5.69 Å². The van der Waals surface area contributed by atoms with Crippen LogP contribution in [0.3, 0.4) is 0 Å². The summed E-state index contributed by atoms with van der Waals surface area (Å²) in [5.41, 5.74) is 1.87. The Labute approximate surface area is 164 Å². The third kappa shape index (κ3) is 2.63. The molecule has 1 amide bonds. The highest BCUT2D eigenvalue weighted by Crippen LogP contribution is 2.43. The summed E-state index contributed by atoms with van der Waals surface area (Å²) in [6, 6.07) is 0.617. The van der Waals surface area contributed by atoms with Gasteiger partial charge in [0.1, 0.15) is 12.0 Å². The molecular weight excluding hydrogens is 356 g/mol. The third-order valence-corrected chi connectivity index (χ3v) is 6.15. The molecule has 0 unspecified atom stereocenters. The number of rotatable bonds is 3. The fourth-order valence-electron chi connectivity index (χ4n) is 4.85. The van der Waals surface area contributed by atoms with Crippen LogP contribution in [0, 0.1) is 6.92 Å². The molecule has 0 aromatic carbocycles. The average molecular weight is 382 g/mol. The van der Waals surface area contributed by atoms with Crippen molar-refractivity contribution in [2.75, 3.05) is 29.4 Å². The molecule has 1 atom stereocenters. The number of aromatic nitrogens is 5. The van der Waals surface area contributed by atoms with Crippen LogP contribution in [0.1, 0.15) is 56.6 Å². The maximum absolute atomic E-state index is 11.9. The second-order valence-corrected chi connectivity index (χ2v) is 7.88. The molecule has 9 nitrogen and oxygen atoms in total. The minimum atomic E-state index is 0.0189. The van der Waals surface area contributed by atoms with Gasteiger partial charge in [-0.2, -0.15) is 4.98 Å². The molecule has 0 radical (unpaired) electrons. The van der Waals surface area contributed by atoms with Gasteiger partial charge in [-0.3, -0.25) is 9.36 Å². The van der Waals surface area contributed by atoms with Gasteiger partial charge in [0.15, 0.2) is 11.6 Å². The molecule has 148 valence electrons. The normalized spacial score (nSPS) is 22.2. The Bertz CT molecular complexity index is 903. The highest BCUT2D eigenvalue weighted by atomic mass is 16.2. The zero-order chi connectivity index (χ0) is 19.3. The number of carbonyl (C=O) groups excluding carboxylic acids is 1. The zero-order valence-electron chi connectivity index (χ0n) is 16.4. The molecule has 2 aromatic heterocycles. The average Bonchev–Trinajstić information content (AvgIpc) is 3.38. The lowest BCUT2D eigenvalue weighted by atomic mass is 10.0. The van der Waals surface area contributed by atoms with Gasteiger partial charge in [0, 0.05) is 19.1 Å². The summed E-state index contributed by atoms with van der Waals surface area (Å²) in [6.07, 6.45) is 7.57. The van der Waals surface area contributed by atoms with Crippen molar-refractivity contribution in [2.45, 2.75) is 58.0 Å². The van der Waals surface area contributed by atoms with Crippen LogP contribution in [0.4, 0.5) is 11.8 Å². The molecule has 1 saturated heterocycles. The molecular formula is C19H26N8O. The van der Waals surface area contributed by atoms with Crippen LogP contribution in [0.5, 0.6) is 0 Å². The second-order valence-electron chi connectivity index (χ2n) is 7.88. The summed E-state index contributed by atoms with van der Waals surface area (Å²) in [5, 5.41) is 11.5. The van der Waals surface area contributed by atoms with Crippen LogP contribution in [-0.2, 0) is 4.79 Å². The molecule has 28 heavy (non-hydrogen) atoms. The SMILES string of the molecule is CC[C@@H]1c2nncn2-c2c(C)nc(N3CCNC(=O)C3)nc2N1C1CCCC1. The first-order valence-corrected chi connectivity index (χ1v) is 10.3. The van der Waals surface area contributed by atoms with E-state index in [1.54, 1.807) is 6.33 Å². The number of fused-ring (bicyclic) bond motifs is 3. The lowest BCUT2D eigenvalue weighted by molar-refractivity contribution is -0.120. The molecule has 4 heterocycles. The van der Waals surface area contributed by atoms with E-state index in [1.165, 1.54) is 25.7 Å². The van der Waals surface area contributed by atoms with Crippen molar-refractivity contribution >= 4 is 17.7 Å². The van der Waals surface area contributed by atoms with E-state index in [2.05, 4.69) is 31.9 Å². The van der Waals surface area contributed by atoms with Crippen molar-refractivity contribution in [1.82, 2.24) is 30.0 Å². The van der Waals surface area contributed by atoms with Gasteiger partial charge in [-0.15, -0.1) is 10.2 Å². The predicted molar refractivity (Wildman–Crippen MR) is 105 cm³/mol. The summed E-state index contributed by atoms with van der Waals surface area (Å²) >= 11 is 0. The number of hydrogen-bond acceptors (Lipinski definition) is 7. The van der Waals surface area contributed by atoms with E-state index in [0.29, 0.717) is 25.1 Å². The van der Waals surface area contributed by atoms with Gasteiger partial charge < -0.3 is 15.1 Å². The maximum Gasteiger partial charge on any atom is 0.239 e. The van der Waals surface area contributed by atoms with Crippen LogP contribution in [0.2, 0.25) is 0 Å². The van der Waals surface area contributed by atoms with Gasteiger partial charge >= 0.3 is 0 Å². The van der Waals surface area contributed by atoms with Gasteiger partial charge in [0.05, 0.1) is 18.3 Å². The molecule has 1 saturated carbocycles. The number of aryl methyl sites for hydroxylation is 1. The Kier molecular flexibility index (Phi) is 4.17. The minimum absolute atomic E-state index is 0.0189. The van der Waals surface area contributed by atoms with Crippen molar-refractivity contribution in [1.29, 1.82) is 0 Å². The Balaban J connectivity index is 1.66. The molecule has 0 bridgehead atoms. The summed E-state index contributed by atoms with van der Waals surface area (Å²) in [5.74, 6) is 2.59. The zero-order valence-corrected chi connectivity index (χ0v) is 16.4. The van der Waals surface area contributed by atoms with Gasteiger partial charge in [-0.25, -0.2) is 4.98 Å². The van der Waals surface area contributed by atoms with Crippen LogP contribution in [-0.4, -0.2) is 56.3 Å². The highest BCUT2D eigenvalue weighted by molar-refractivity contribution is 5.82.